The molecule has 2 amide bonds. The molecule has 2 heterocycles. The molecule has 25 heavy (non-hydrogen) atoms. The summed E-state index contributed by atoms with van der Waals surface area (Å²) in [6.45, 7) is 3.03. The maximum Gasteiger partial charge on any atom is 0.228 e. The molecule has 4 nitrogen and oxygen atoms in total. The van der Waals surface area contributed by atoms with Crippen molar-refractivity contribution in [3.63, 3.8) is 0 Å². The predicted octanol–water partition coefficient (Wildman–Crippen LogP) is 3.33. The zero-order chi connectivity index (χ0) is 17.9. The van der Waals surface area contributed by atoms with E-state index in [1.165, 1.54) is 11.1 Å². The SMILES string of the molecule is CCC(=O)N1CCC(Cc2ccc(-c3ccsc3)cc2)(C(=O)NC)C1. The van der Waals surface area contributed by atoms with Gasteiger partial charge in [-0.25, -0.2) is 0 Å². The van der Waals surface area contributed by atoms with Gasteiger partial charge in [-0.15, -0.1) is 0 Å². The van der Waals surface area contributed by atoms with Gasteiger partial charge in [-0.2, -0.15) is 11.3 Å². The average molecular weight is 356 g/mol. The first kappa shape index (κ1) is 17.7. The fourth-order valence-electron chi connectivity index (χ4n) is 3.62. The Morgan fingerprint density at radius 3 is 2.56 bits per heavy atom. The molecule has 0 radical (unpaired) electrons. The Morgan fingerprint density at radius 1 is 1.20 bits per heavy atom. The lowest BCUT2D eigenvalue weighted by molar-refractivity contribution is -0.132. The van der Waals surface area contributed by atoms with Gasteiger partial charge >= 0.3 is 0 Å². The summed E-state index contributed by atoms with van der Waals surface area (Å²) >= 11 is 1.69. The molecule has 1 saturated heterocycles. The lowest BCUT2D eigenvalue weighted by Crippen LogP contribution is -2.44. The molecule has 1 fully saturated rings. The molecule has 0 saturated carbocycles. The minimum atomic E-state index is -0.524. The van der Waals surface area contributed by atoms with E-state index in [9.17, 15) is 9.59 Å². The third-order valence-corrected chi connectivity index (χ3v) is 5.75. The molecule has 1 aliphatic heterocycles. The maximum atomic E-state index is 12.6. The molecular formula is C20H24N2O2S. The molecule has 1 atom stereocenters. The van der Waals surface area contributed by atoms with Crippen molar-refractivity contribution in [1.82, 2.24) is 10.2 Å². The number of rotatable bonds is 5. The smallest absolute Gasteiger partial charge is 0.228 e. The van der Waals surface area contributed by atoms with Crippen LogP contribution in [0.5, 0.6) is 0 Å². The van der Waals surface area contributed by atoms with Gasteiger partial charge in [0.2, 0.25) is 11.8 Å². The van der Waals surface area contributed by atoms with Gasteiger partial charge in [0.25, 0.3) is 0 Å². The second-order valence-electron chi connectivity index (χ2n) is 6.66. The molecule has 132 valence electrons. The summed E-state index contributed by atoms with van der Waals surface area (Å²) in [5.74, 6) is 0.152. The second-order valence-corrected chi connectivity index (χ2v) is 7.44. The monoisotopic (exact) mass is 356 g/mol. The van der Waals surface area contributed by atoms with Crippen molar-refractivity contribution in [1.29, 1.82) is 0 Å². The van der Waals surface area contributed by atoms with Crippen molar-refractivity contribution in [3.05, 3.63) is 46.7 Å². The summed E-state index contributed by atoms with van der Waals surface area (Å²) in [7, 11) is 1.67. The van der Waals surface area contributed by atoms with Crippen LogP contribution >= 0.6 is 11.3 Å². The van der Waals surface area contributed by atoms with Crippen molar-refractivity contribution in [2.45, 2.75) is 26.2 Å². The highest BCUT2D eigenvalue weighted by Crippen LogP contribution is 2.35. The van der Waals surface area contributed by atoms with Gasteiger partial charge in [0.15, 0.2) is 0 Å². The molecule has 3 rings (SSSR count). The Morgan fingerprint density at radius 2 is 1.96 bits per heavy atom. The molecule has 1 unspecified atom stereocenters. The second kappa shape index (κ2) is 7.40. The van der Waals surface area contributed by atoms with Crippen LogP contribution in [-0.4, -0.2) is 36.9 Å². The molecular weight excluding hydrogens is 332 g/mol. The van der Waals surface area contributed by atoms with E-state index in [4.69, 9.17) is 0 Å². The largest absolute Gasteiger partial charge is 0.359 e. The highest BCUT2D eigenvalue weighted by molar-refractivity contribution is 7.08. The van der Waals surface area contributed by atoms with Crippen LogP contribution in [-0.2, 0) is 16.0 Å². The van der Waals surface area contributed by atoms with Crippen LogP contribution in [0.2, 0.25) is 0 Å². The maximum absolute atomic E-state index is 12.6. The van der Waals surface area contributed by atoms with Gasteiger partial charge in [-0.05, 0) is 46.4 Å². The molecule has 1 aromatic carbocycles. The third kappa shape index (κ3) is 3.61. The number of hydrogen-bond donors (Lipinski definition) is 1. The van der Waals surface area contributed by atoms with Gasteiger partial charge in [0.1, 0.15) is 0 Å². The number of thiophene rings is 1. The summed E-state index contributed by atoms with van der Waals surface area (Å²) in [6, 6.07) is 10.5. The highest BCUT2D eigenvalue weighted by Gasteiger charge is 2.45. The zero-order valence-electron chi connectivity index (χ0n) is 14.7. The zero-order valence-corrected chi connectivity index (χ0v) is 15.6. The number of hydrogen-bond acceptors (Lipinski definition) is 3. The van der Waals surface area contributed by atoms with Crippen LogP contribution < -0.4 is 5.32 Å². The van der Waals surface area contributed by atoms with Gasteiger partial charge in [0.05, 0.1) is 5.41 Å². The summed E-state index contributed by atoms with van der Waals surface area (Å²) in [5.41, 5.74) is 3.02. The van der Waals surface area contributed by atoms with Gasteiger partial charge in [-0.3, -0.25) is 9.59 Å². The Kier molecular flexibility index (Phi) is 5.23. The first-order valence-electron chi connectivity index (χ1n) is 8.69. The predicted molar refractivity (Wildman–Crippen MR) is 101 cm³/mol. The van der Waals surface area contributed by atoms with Crippen LogP contribution in [0.1, 0.15) is 25.3 Å². The minimum absolute atomic E-state index is 0.0285. The van der Waals surface area contributed by atoms with Crippen molar-refractivity contribution >= 4 is 23.2 Å². The molecule has 0 bridgehead atoms. The molecule has 0 spiro atoms. The van der Waals surface area contributed by atoms with Gasteiger partial charge < -0.3 is 10.2 Å². The number of likely N-dealkylation sites (tertiary alicyclic amines) is 1. The fraction of sp³-hybridized carbons (Fsp3) is 0.400. The summed E-state index contributed by atoms with van der Waals surface area (Å²) in [4.78, 5) is 26.5. The van der Waals surface area contributed by atoms with E-state index in [0.717, 1.165) is 5.56 Å². The standard InChI is InChI=1S/C20H24N2O2S/c1-3-18(23)22-10-9-20(14-22,19(24)21-2)12-15-4-6-16(7-5-15)17-8-11-25-13-17/h4-8,11,13H,3,9-10,12,14H2,1-2H3,(H,21,24). The number of carbonyl (C=O) groups excluding carboxylic acids is 2. The molecule has 1 aliphatic rings. The number of nitrogens with zero attached hydrogens (tertiary/aromatic N) is 1. The van der Waals surface area contributed by atoms with Crippen molar-refractivity contribution in [2.24, 2.45) is 5.41 Å². The lowest BCUT2D eigenvalue weighted by atomic mass is 9.79. The molecule has 5 heteroatoms. The van der Waals surface area contributed by atoms with Crippen LogP contribution in [0, 0.1) is 5.41 Å². The number of carbonyl (C=O) groups is 2. The first-order chi connectivity index (χ1) is 12.1. The quantitative estimate of drug-likeness (QED) is 0.893. The summed E-state index contributed by atoms with van der Waals surface area (Å²) in [5, 5.41) is 7.01. The van der Waals surface area contributed by atoms with Crippen LogP contribution in [0.25, 0.3) is 11.1 Å². The minimum Gasteiger partial charge on any atom is -0.359 e. The Labute approximate surface area is 152 Å². The Hall–Kier alpha value is -2.14. The molecule has 2 aromatic rings. The third-order valence-electron chi connectivity index (χ3n) is 5.07. The van der Waals surface area contributed by atoms with Crippen LogP contribution in [0.3, 0.4) is 0 Å². The molecule has 0 aliphatic carbocycles. The van der Waals surface area contributed by atoms with Crippen LogP contribution in [0.15, 0.2) is 41.1 Å². The first-order valence-corrected chi connectivity index (χ1v) is 9.64. The average Bonchev–Trinajstić information content (AvgIpc) is 3.32. The van der Waals surface area contributed by atoms with E-state index in [-0.39, 0.29) is 11.8 Å². The van der Waals surface area contributed by atoms with Crippen LogP contribution in [0.4, 0.5) is 0 Å². The fourth-order valence-corrected chi connectivity index (χ4v) is 4.28. The van der Waals surface area contributed by atoms with Crippen molar-refractivity contribution in [3.8, 4) is 11.1 Å². The Balaban J connectivity index is 1.79. The Bertz CT molecular complexity index is 740. The molecule has 1 N–H and O–H groups in total. The van der Waals surface area contributed by atoms with E-state index in [0.29, 0.717) is 32.4 Å². The summed E-state index contributed by atoms with van der Waals surface area (Å²) in [6.07, 6.45) is 1.86. The van der Waals surface area contributed by atoms with E-state index in [2.05, 4.69) is 46.4 Å². The molecule has 1 aromatic heterocycles. The van der Waals surface area contributed by atoms with E-state index < -0.39 is 5.41 Å². The number of benzene rings is 1. The highest BCUT2D eigenvalue weighted by atomic mass is 32.1. The van der Waals surface area contributed by atoms with Crippen molar-refractivity contribution in [2.75, 3.05) is 20.1 Å². The normalized spacial score (nSPS) is 19.8. The van der Waals surface area contributed by atoms with E-state index in [1.54, 1.807) is 18.4 Å². The van der Waals surface area contributed by atoms with Gasteiger partial charge in [-0.1, -0.05) is 31.2 Å². The van der Waals surface area contributed by atoms with Gasteiger partial charge in [0, 0.05) is 26.6 Å². The topological polar surface area (TPSA) is 49.4 Å². The number of nitrogens with one attached hydrogen (secondary N) is 1. The van der Waals surface area contributed by atoms with E-state index >= 15 is 0 Å². The number of amides is 2. The summed E-state index contributed by atoms with van der Waals surface area (Å²) < 4.78 is 0. The lowest BCUT2D eigenvalue weighted by Gasteiger charge is -2.27. The van der Waals surface area contributed by atoms with Crippen molar-refractivity contribution < 1.29 is 9.59 Å². The van der Waals surface area contributed by atoms with E-state index in [1.807, 2.05) is 11.8 Å².